The van der Waals surface area contributed by atoms with Crippen molar-refractivity contribution in [3.63, 3.8) is 0 Å². The van der Waals surface area contributed by atoms with Crippen molar-refractivity contribution in [3.8, 4) is 0 Å². The second-order valence-corrected chi connectivity index (χ2v) is 5.54. The van der Waals surface area contributed by atoms with Crippen molar-refractivity contribution in [2.75, 3.05) is 0 Å². The molecule has 1 aromatic heterocycles. The first-order valence-corrected chi connectivity index (χ1v) is 7.35. The van der Waals surface area contributed by atoms with Gasteiger partial charge in [-0.1, -0.05) is 36.4 Å². The van der Waals surface area contributed by atoms with Crippen LogP contribution in [0.5, 0.6) is 0 Å². The summed E-state index contributed by atoms with van der Waals surface area (Å²) in [7, 11) is 0. The molecule has 0 aliphatic rings. The van der Waals surface area contributed by atoms with E-state index in [-0.39, 0.29) is 12.2 Å². The molecule has 1 atom stereocenters. The molecule has 4 nitrogen and oxygen atoms in total. The molecule has 0 saturated carbocycles. The molecule has 0 saturated heterocycles. The van der Waals surface area contributed by atoms with Gasteiger partial charge in [-0.3, -0.25) is 4.79 Å². The molecule has 1 unspecified atom stereocenters. The van der Waals surface area contributed by atoms with Crippen LogP contribution in [0.1, 0.15) is 11.1 Å². The van der Waals surface area contributed by atoms with Crippen LogP contribution in [0.25, 0.3) is 10.9 Å². The lowest BCUT2D eigenvalue weighted by atomic mass is 10.1. The third-order valence-corrected chi connectivity index (χ3v) is 3.93. The van der Waals surface area contributed by atoms with Crippen LogP contribution >= 0.6 is 0 Å². The highest BCUT2D eigenvalue weighted by molar-refractivity contribution is 5.85. The van der Waals surface area contributed by atoms with Crippen molar-refractivity contribution in [1.82, 2.24) is 4.57 Å². The Morgan fingerprint density at radius 1 is 1.13 bits per heavy atom. The number of aliphatic carboxylic acids is 1. The smallest absolute Gasteiger partial charge is 0.320 e. The molecule has 0 amide bonds. The summed E-state index contributed by atoms with van der Waals surface area (Å²) in [5, 5.41) is 9.96. The first-order valence-electron chi connectivity index (χ1n) is 7.35. The molecule has 3 aromatic rings. The van der Waals surface area contributed by atoms with Gasteiger partial charge in [0, 0.05) is 29.1 Å². The summed E-state index contributed by atoms with van der Waals surface area (Å²) in [6, 6.07) is 13.3. The van der Waals surface area contributed by atoms with Crippen LogP contribution in [-0.4, -0.2) is 21.7 Å². The maximum atomic E-state index is 13.9. The lowest BCUT2D eigenvalue weighted by Gasteiger charge is -2.06. The molecular formula is C18H17FN2O2. The molecule has 3 N–H and O–H groups in total. The fourth-order valence-corrected chi connectivity index (χ4v) is 2.75. The van der Waals surface area contributed by atoms with Crippen LogP contribution in [0.4, 0.5) is 4.39 Å². The fraction of sp³-hybridized carbons (Fsp3) is 0.167. The summed E-state index contributed by atoms with van der Waals surface area (Å²) in [6.07, 6.45) is 2.10. The summed E-state index contributed by atoms with van der Waals surface area (Å²) in [5.74, 6) is -1.29. The van der Waals surface area contributed by atoms with Gasteiger partial charge in [-0.2, -0.15) is 0 Å². The Morgan fingerprint density at radius 2 is 1.83 bits per heavy atom. The Bertz CT molecular complexity index is 857. The second kappa shape index (κ2) is 6.22. The van der Waals surface area contributed by atoms with Gasteiger partial charge in [0.1, 0.15) is 11.9 Å². The predicted molar refractivity (Wildman–Crippen MR) is 86.8 cm³/mol. The van der Waals surface area contributed by atoms with Gasteiger partial charge < -0.3 is 15.4 Å². The van der Waals surface area contributed by atoms with Crippen molar-refractivity contribution >= 4 is 16.9 Å². The minimum Gasteiger partial charge on any atom is -0.480 e. The van der Waals surface area contributed by atoms with E-state index in [1.165, 1.54) is 6.07 Å². The van der Waals surface area contributed by atoms with Gasteiger partial charge in [-0.15, -0.1) is 0 Å². The Morgan fingerprint density at radius 3 is 2.57 bits per heavy atom. The molecule has 0 aliphatic carbocycles. The average molecular weight is 312 g/mol. The monoisotopic (exact) mass is 312 g/mol. The van der Waals surface area contributed by atoms with Crippen molar-refractivity contribution in [2.24, 2.45) is 5.73 Å². The maximum Gasteiger partial charge on any atom is 0.320 e. The number of para-hydroxylation sites is 1. The number of hydrogen-bond acceptors (Lipinski definition) is 2. The zero-order chi connectivity index (χ0) is 16.4. The Kier molecular flexibility index (Phi) is 4.12. The lowest BCUT2D eigenvalue weighted by Crippen LogP contribution is -2.32. The van der Waals surface area contributed by atoms with E-state index in [1.807, 2.05) is 35.0 Å². The van der Waals surface area contributed by atoms with Gasteiger partial charge in [0.05, 0.1) is 6.54 Å². The quantitative estimate of drug-likeness (QED) is 0.761. The molecule has 5 heteroatoms. The van der Waals surface area contributed by atoms with Crippen molar-refractivity contribution < 1.29 is 14.3 Å². The van der Waals surface area contributed by atoms with Gasteiger partial charge in [-0.25, -0.2) is 4.39 Å². The number of carboxylic acid groups (broad SMARTS) is 1. The van der Waals surface area contributed by atoms with Crippen molar-refractivity contribution in [1.29, 1.82) is 0 Å². The number of rotatable bonds is 5. The Balaban J connectivity index is 2.01. The summed E-state index contributed by atoms with van der Waals surface area (Å²) in [4.78, 5) is 11.0. The molecule has 118 valence electrons. The van der Waals surface area contributed by atoms with Crippen LogP contribution in [-0.2, 0) is 17.8 Å². The molecule has 0 bridgehead atoms. The van der Waals surface area contributed by atoms with Gasteiger partial charge in [0.2, 0.25) is 0 Å². The van der Waals surface area contributed by atoms with Gasteiger partial charge in [0.15, 0.2) is 0 Å². The number of halogens is 1. The maximum absolute atomic E-state index is 13.9. The number of nitrogens with two attached hydrogens (primary N) is 1. The number of fused-ring (bicyclic) bond motifs is 1. The molecule has 0 radical (unpaired) electrons. The highest BCUT2D eigenvalue weighted by Crippen LogP contribution is 2.24. The molecule has 0 aliphatic heterocycles. The largest absolute Gasteiger partial charge is 0.480 e. The van der Waals surface area contributed by atoms with E-state index >= 15 is 0 Å². The zero-order valence-electron chi connectivity index (χ0n) is 12.4. The van der Waals surface area contributed by atoms with Gasteiger partial charge in [-0.05, 0) is 17.7 Å². The number of carbonyl (C=O) groups is 1. The number of nitrogens with zero attached hydrogens (tertiary/aromatic N) is 1. The highest BCUT2D eigenvalue weighted by atomic mass is 19.1. The van der Waals surface area contributed by atoms with E-state index in [2.05, 4.69) is 0 Å². The number of aromatic nitrogens is 1. The normalized spacial score (nSPS) is 12.4. The predicted octanol–water partition coefficient (Wildman–Crippen LogP) is 2.78. The summed E-state index contributed by atoms with van der Waals surface area (Å²) >= 11 is 0. The Hall–Kier alpha value is -2.66. The average Bonchev–Trinajstić information content (AvgIpc) is 2.88. The fourth-order valence-electron chi connectivity index (χ4n) is 2.75. The van der Waals surface area contributed by atoms with E-state index in [0.717, 1.165) is 16.5 Å². The molecule has 1 heterocycles. The van der Waals surface area contributed by atoms with E-state index in [4.69, 9.17) is 10.8 Å². The number of hydrogen-bond donors (Lipinski definition) is 2. The molecule has 0 fully saturated rings. The molecule has 3 rings (SSSR count). The molecular weight excluding hydrogens is 295 g/mol. The van der Waals surface area contributed by atoms with Gasteiger partial charge in [0.25, 0.3) is 0 Å². The first kappa shape index (κ1) is 15.2. The third-order valence-electron chi connectivity index (χ3n) is 3.93. The van der Waals surface area contributed by atoms with Crippen LogP contribution < -0.4 is 5.73 Å². The summed E-state index contributed by atoms with van der Waals surface area (Å²) in [6.45, 7) is 0.384. The summed E-state index contributed by atoms with van der Waals surface area (Å²) in [5.41, 5.74) is 8.03. The van der Waals surface area contributed by atoms with Crippen molar-refractivity contribution in [2.45, 2.75) is 19.0 Å². The third kappa shape index (κ3) is 3.10. The zero-order valence-corrected chi connectivity index (χ0v) is 12.4. The topological polar surface area (TPSA) is 68.2 Å². The summed E-state index contributed by atoms with van der Waals surface area (Å²) < 4.78 is 15.8. The minimum atomic E-state index is -1.03. The SMILES string of the molecule is NC(Cc1cn(Cc2ccccc2F)c2ccccc12)C(=O)O. The highest BCUT2D eigenvalue weighted by Gasteiger charge is 2.16. The van der Waals surface area contributed by atoms with E-state index in [9.17, 15) is 9.18 Å². The van der Waals surface area contributed by atoms with E-state index in [0.29, 0.717) is 12.1 Å². The van der Waals surface area contributed by atoms with Crippen molar-refractivity contribution in [3.05, 3.63) is 71.7 Å². The Labute approximate surface area is 133 Å². The van der Waals surface area contributed by atoms with Crippen LogP contribution in [0.2, 0.25) is 0 Å². The molecule has 0 spiro atoms. The van der Waals surface area contributed by atoms with E-state index in [1.54, 1.807) is 18.2 Å². The minimum absolute atomic E-state index is 0.236. The molecule has 2 aromatic carbocycles. The number of benzene rings is 2. The standard InChI is InChI=1S/C18H17FN2O2/c19-15-7-3-1-5-12(15)10-21-11-13(9-16(20)18(22)23)14-6-2-4-8-17(14)21/h1-8,11,16H,9-10,20H2,(H,22,23). The van der Waals surface area contributed by atoms with E-state index < -0.39 is 12.0 Å². The van der Waals surface area contributed by atoms with Crippen LogP contribution in [0.3, 0.4) is 0 Å². The van der Waals surface area contributed by atoms with Gasteiger partial charge >= 0.3 is 5.97 Å². The number of carboxylic acids is 1. The molecule has 23 heavy (non-hydrogen) atoms. The first-order chi connectivity index (χ1) is 11.1. The van der Waals surface area contributed by atoms with Crippen LogP contribution in [0.15, 0.2) is 54.7 Å². The second-order valence-electron chi connectivity index (χ2n) is 5.54. The van der Waals surface area contributed by atoms with Crippen LogP contribution in [0, 0.1) is 5.82 Å². The lowest BCUT2D eigenvalue weighted by molar-refractivity contribution is -0.138.